The lowest BCUT2D eigenvalue weighted by Crippen LogP contribution is -2.20. The molecule has 2 aromatic rings. The Morgan fingerprint density at radius 1 is 1.19 bits per heavy atom. The minimum Gasteiger partial charge on any atom is -0.484 e. The standard InChI is InChI=1S/C21H27N3O3/c1-14-11-19(15(2)24(14)17-8-4-3-5-9-17)21(26)23-16-7-6-10-18(12-16)27-13-20(22)25/h6-7,10-12,17H,3-5,8-9,13H2,1-2H3,(H2,22,25)(H,23,26). The van der Waals surface area contributed by atoms with Gasteiger partial charge in [0.1, 0.15) is 5.75 Å². The van der Waals surface area contributed by atoms with Crippen molar-refractivity contribution >= 4 is 17.5 Å². The van der Waals surface area contributed by atoms with Gasteiger partial charge >= 0.3 is 0 Å². The molecule has 3 rings (SSSR count). The van der Waals surface area contributed by atoms with Crippen LogP contribution >= 0.6 is 0 Å². The average Bonchev–Trinajstić information content (AvgIpc) is 2.95. The Balaban J connectivity index is 1.75. The average molecular weight is 369 g/mol. The van der Waals surface area contributed by atoms with E-state index in [0.29, 0.717) is 23.0 Å². The summed E-state index contributed by atoms with van der Waals surface area (Å²) < 4.78 is 7.61. The second kappa shape index (κ2) is 8.29. The molecule has 0 aliphatic heterocycles. The lowest BCUT2D eigenvalue weighted by Gasteiger charge is -2.26. The van der Waals surface area contributed by atoms with Crippen LogP contribution in [0.4, 0.5) is 5.69 Å². The number of primary amides is 1. The number of nitrogens with two attached hydrogens (primary N) is 1. The van der Waals surface area contributed by atoms with Crippen LogP contribution in [-0.2, 0) is 4.79 Å². The quantitative estimate of drug-likeness (QED) is 0.813. The van der Waals surface area contributed by atoms with Gasteiger partial charge in [-0.2, -0.15) is 0 Å². The van der Waals surface area contributed by atoms with E-state index in [1.807, 2.05) is 13.0 Å². The fraction of sp³-hybridized carbons (Fsp3) is 0.429. The minimum atomic E-state index is -0.542. The molecule has 1 fully saturated rings. The second-order valence-electron chi connectivity index (χ2n) is 7.18. The predicted octanol–water partition coefficient (Wildman–Crippen LogP) is 3.73. The molecule has 1 saturated carbocycles. The van der Waals surface area contributed by atoms with Gasteiger partial charge < -0.3 is 20.4 Å². The van der Waals surface area contributed by atoms with Crippen molar-refractivity contribution in [3.63, 3.8) is 0 Å². The van der Waals surface area contributed by atoms with Gasteiger partial charge in [0.05, 0.1) is 5.56 Å². The molecule has 0 bridgehead atoms. The fourth-order valence-electron chi connectivity index (χ4n) is 3.92. The predicted molar refractivity (Wildman–Crippen MR) is 105 cm³/mol. The van der Waals surface area contributed by atoms with E-state index in [1.54, 1.807) is 24.3 Å². The lowest BCUT2D eigenvalue weighted by molar-refractivity contribution is -0.119. The van der Waals surface area contributed by atoms with Crippen molar-refractivity contribution in [1.29, 1.82) is 0 Å². The van der Waals surface area contributed by atoms with E-state index in [2.05, 4.69) is 16.8 Å². The molecule has 3 N–H and O–H groups in total. The molecule has 0 unspecified atom stereocenters. The zero-order chi connectivity index (χ0) is 19.4. The van der Waals surface area contributed by atoms with E-state index in [-0.39, 0.29) is 12.5 Å². The Kier molecular flexibility index (Phi) is 5.84. The Morgan fingerprint density at radius 2 is 1.93 bits per heavy atom. The van der Waals surface area contributed by atoms with Crippen LogP contribution in [0.2, 0.25) is 0 Å². The van der Waals surface area contributed by atoms with Crippen molar-refractivity contribution in [2.45, 2.75) is 52.0 Å². The molecule has 0 spiro atoms. The largest absolute Gasteiger partial charge is 0.484 e. The summed E-state index contributed by atoms with van der Waals surface area (Å²) in [6, 6.07) is 9.40. The Morgan fingerprint density at radius 3 is 2.63 bits per heavy atom. The lowest BCUT2D eigenvalue weighted by atomic mass is 9.95. The van der Waals surface area contributed by atoms with Crippen molar-refractivity contribution < 1.29 is 14.3 Å². The summed E-state index contributed by atoms with van der Waals surface area (Å²) in [4.78, 5) is 23.7. The summed E-state index contributed by atoms with van der Waals surface area (Å²) in [5, 5.41) is 2.92. The SMILES string of the molecule is Cc1cc(C(=O)Nc2cccc(OCC(N)=O)c2)c(C)n1C1CCCCC1. The number of nitrogens with one attached hydrogen (secondary N) is 1. The van der Waals surface area contributed by atoms with E-state index in [9.17, 15) is 9.59 Å². The molecule has 1 aromatic heterocycles. The number of carbonyl (C=O) groups excluding carboxylic acids is 2. The fourth-order valence-corrected chi connectivity index (χ4v) is 3.92. The van der Waals surface area contributed by atoms with Gasteiger partial charge in [-0.1, -0.05) is 25.3 Å². The van der Waals surface area contributed by atoms with Crippen LogP contribution < -0.4 is 15.8 Å². The van der Waals surface area contributed by atoms with E-state index >= 15 is 0 Å². The van der Waals surface area contributed by atoms with Gasteiger partial charge in [-0.25, -0.2) is 0 Å². The molecule has 0 atom stereocenters. The molecule has 144 valence electrons. The molecule has 1 aromatic carbocycles. The first kappa shape index (κ1) is 19.0. The van der Waals surface area contributed by atoms with Crippen LogP contribution in [0.25, 0.3) is 0 Å². The molecule has 6 nitrogen and oxygen atoms in total. The number of aryl methyl sites for hydroxylation is 1. The molecular weight excluding hydrogens is 342 g/mol. The van der Waals surface area contributed by atoms with E-state index < -0.39 is 5.91 Å². The van der Waals surface area contributed by atoms with Gasteiger partial charge in [0.2, 0.25) is 0 Å². The van der Waals surface area contributed by atoms with Crippen molar-refractivity contribution in [1.82, 2.24) is 4.57 Å². The molecule has 27 heavy (non-hydrogen) atoms. The molecule has 1 aliphatic rings. The number of anilines is 1. The normalized spacial score (nSPS) is 14.7. The van der Waals surface area contributed by atoms with Gasteiger partial charge in [-0.05, 0) is 44.9 Å². The number of amides is 2. The zero-order valence-corrected chi connectivity index (χ0v) is 16.0. The third-order valence-electron chi connectivity index (χ3n) is 5.14. The first-order valence-electron chi connectivity index (χ1n) is 9.46. The van der Waals surface area contributed by atoms with E-state index in [4.69, 9.17) is 10.5 Å². The number of carbonyl (C=O) groups is 2. The number of benzene rings is 1. The highest BCUT2D eigenvalue weighted by Crippen LogP contribution is 2.32. The molecule has 1 aliphatic carbocycles. The maximum atomic E-state index is 12.8. The van der Waals surface area contributed by atoms with Gasteiger partial charge in [0.15, 0.2) is 6.61 Å². The van der Waals surface area contributed by atoms with Gasteiger partial charge in [0, 0.05) is 29.2 Å². The maximum absolute atomic E-state index is 12.8. The summed E-state index contributed by atoms with van der Waals surface area (Å²) in [6.45, 7) is 3.89. The number of hydrogen-bond donors (Lipinski definition) is 2. The number of rotatable bonds is 6. The Bertz CT molecular complexity index is 835. The van der Waals surface area contributed by atoms with Crippen LogP contribution in [0.3, 0.4) is 0 Å². The molecule has 0 radical (unpaired) electrons. The molecule has 6 heteroatoms. The van der Waals surface area contributed by atoms with Crippen LogP contribution in [-0.4, -0.2) is 23.0 Å². The molecular formula is C21H27N3O3. The minimum absolute atomic E-state index is 0.141. The second-order valence-corrected chi connectivity index (χ2v) is 7.18. The third-order valence-corrected chi connectivity index (χ3v) is 5.14. The summed E-state index contributed by atoms with van der Waals surface area (Å²) in [6.07, 6.45) is 6.16. The topological polar surface area (TPSA) is 86.3 Å². The number of hydrogen-bond acceptors (Lipinski definition) is 3. The van der Waals surface area contributed by atoms with E-state index in [1.165, 1.54) is 32.1 Å². The summed E-state index contributed by atoms with van der Waals surface area (Å²) >= 11 is 0. The molecule has 2 amide bonds. The van der Waals surface area contributed by atoms with Crippen molar-refractivity contribution in [2.24, 2.45) is 5.73 Å². The van der Waals surface area contributed by atoms with E-state index in [0.717, 1.165) is 11.4 Å². The van der Waals surface area contributed by atoms with Crippen molar-refractivity contribution in [3.05, 3.63) is 47.3 Å². The first-order valence-corrected chi connectivity index (χ1v) is 9.46. The Hall–Kier alpha value is -2.76. The molecule has 1 heterocycles. The molecule has 0 saturated heterocycles. The van der Waals surface area contributed by atoms with Crippen LogP contribution in [0, 0.1) is 13.8 Å². The summed E-state index contributed by atoms with van der Waals surface area (Å²) in [5.74, 6) is -0.198. The maximum Gasteiger partial charge on any atom is 0.257 e. The first-order chi connectivity index (χ1) is 13.0. The van der Waals surface area contributed by atoms with Crippen LogP contribution in [0.15, 0.2) is 30.3 Å². The van der Waals surface area contributed by atoms with Crippen LogP contribution in [0.5, 0.6) is 5.75 Å². The number of nitrogens with zero attached hydrogens (tertiary/aromatic N) is 1. The van der Waals surface area contributed by atoms with Crippen LogP contribution in [0.1, 0.15) is 59.9 Å². The van der Waals surface area contributed by atoms with Crippen molar-refractivity contribution in [2.75, 3.05) is 11.9 Å². The summed E-state index contributed by atoms with van der Waals surface area (Å²) in [7, 11) is 0. The van der Waals surface area contributed by atoms with Gasteiger partial charge in [-0.15, -0.1) is 0 Å². The summed E-state index contributed by atoms with van der Waals surface area (Å²) in [5.41, 5.74) is 8.54. The monoisotopic (exact) mass is 369 g/mol. The highest BCUT2D eigenvalue weighted by atomic mass is 16.5. The zero-order valence-electron chi connectivity index (χ0n) is 16.0. The third kappa shape index (κ3) is 4.51. The van der Waals surface area contributed by atoms with Gasteiger partial charge in [0.25, 0.3) is 11.8 Å². The Labute approximate surface area is 159 Å². The number of ether oxygens (including phenoxy) is 1. The highest BCUT2D eigenvalue weighted by Gasteiger charge is 2.22. The van der Waals surface area contributed by atoms with Crippen molar-refractivity contribution in [3.8, 4) is 5.75 Å². The van der Waals surface area contributed by atoms with Gasteiger partial charge in [-0.3, -0.25) is 9.59 Å². The highest BCUT2D eigenvalue weighted by molar-refractivity contribution is 6.05. The smallest absolute Gasteiger partial charge is 0.257 e. The number of aromatic nitrogens is 1.